The third-order valence-corrected chi connectivity index (χ3v) is 8.70. The fraction of sp³-hybridized carbons (Fsp3) is 0.480. The number of alkyl halides is 1. The molecule has 1 amide bonds. The maximum absolute atomic E-state index is 15.6. The summed E-state index contributed by atoms with van der Waals surface area (Å²) in [5.74, 6) is -4.66. The van der Waals surface area contributed by atoms with Gasteiger partial charge in [-0.25, -0.2) is 31.1 Å². The Kier molecular flexibility index (Phi) is 6.16. The monoisotopic (exact) mass is 526 g/mol. The van der Waals surface area contributed by atoms with Crippen molar-refractivity contribution in [2.24, 2.45) is 22.4 Å². The minimum atomic E-state index is -4.63. The summed E-state index contributed by atoms with van der Waals surface area (Å²) in [6.45, 7) is 0.0390. The van der Waals surface area contributed by atoms with Gasteiger partial charge in [-0.3, -0.25) is 4.79 Å². The zero-order chi connectivity index (χ0) is 26.0. The van der Waals surface area contributed by atoms with E-state index < -0.39 is 62.4 Å². The molecule has 194 valence electrons. The minimum Gasteiger partial charge on any atom is -0.383 e. The Morgan fingerprint density at radius 1 is 1.14 bits per heavy atom. The van der Waals surface area contributed by atoms with E-state index in [1.54, 1.807) is 0 Å². The highest BCUT2D eigenvalue weighted by atomic mass is 32.2. The normalized spacial score (nSPS) is 24.7. The number of hydrogen-bond acceptors (Lipinski definition) is 4. The van der Waals surface area contributed by atoms with E-state index in [-0.39, 0.29) is 35.6 Å². The lowest BCUT2D eigenvalue weighted by Gasteiger charge is -2.31. The topological polar surface area (TPSA) is 101 Å². The lowest BCUT2D eigenvalue weighted by molar-refractivity contribution is -0.142. The van der Waals surface area contributed by atoms with E-state index in [1.165, 1.54) is 23.1 Å². The maximum atomic E-state index is 15.6. The number of likely N-dealkylation sites (tertiary alicyclic amines) is 1. The van der Waals surface area contributed by atoms with Gasteiger partial charge < -0.3 is 10.0 Å². The van der Waals surface area contributed by atoms with E-state index in [2.05, 4.69) is 0 Å². The first-order valence-corrected chi connectivity index (χ1v) is 13.4. The van der Waals surface area contributed by atoms with E-state index >= 15 is 8.78 Å². The zero-order valence-corrected chi connectivity index (χ0v) is 20.0. The van der Waals surface area contributed by atoms with Crippen molar-refractivity contribution in [2.75, 3.05) is 6.54 Å². The molecule has 6 nitrogen and oxygen atoms in total. The summed E-state index contributed by atoms with van der Waals surface area (Å²) in [7, 11) is -4.63. The quantitative estimate of drug-likeness (QED) is 0.541. The van der Waals surface area contributed by atoms with Crippen LogP contribution in [0.4, 0.5) is 17.6 Å². The summed E-state index contributed by atoms with van der Waals surface area (Å²) in [6.07, 6.45) is 0.717. The van der Waals surface area contributed by atoms with Crippen molar-refractivity contribution in [1.82, 2.24) is 4.90 Å². The SMILES string of the molecule is NS(=O)(=O)C(F)[C@@H]1[C@H](Cc2cccc(-c3cc(F)cc(F)c3)c2F)N(C(=O)[C@@H](O)C2CC2)CC12CC2. The van der Waals surface area contributed by atoms with Gasteiger partial charge in [0.25, 0.3) is 5.91 Å². The highest BCUT2D eigenvalue weighted by Gasteiger charge is 2.65. The van der Waals surface area contributed by atoms with Gasteiger partial charge in [0.2, 0.25) is 15.5 Å². The van der Waals surface area contributed by atoms with Crippen molar-refractivity contribution >= 4 is 15.9 Å². The molecule has 0 radical (unpaired) electrons. The third kappa shape index (κ3) is 4.52. The smallest absolute Gasteiger partial charge is 0.251 e. The standard InChI is InChI=1S/C25H26F4N2O4S/c26-16-8-15(9-17(27)11-16)18-3-1-2-14(21(18)28)10-19-20(23(29)36(30,34)35)25(6-7-25)12-31(19)24(33)22(32)13-4-5-13/h1-3,8-9,11,13,19-20,22-23,32H,4-7,10,12H2,(H2,30,34,35)/t19-,20-,22-,23?/m0/s1. The van der Waals surface area contributed by atoms with E-state index in [9.17, 15) is 27.1 Å². The number of nitrogens with zero attached hydrogens (tertiary/aromatic N) is 1. The van der Waals surface area contributed by atoms with Crippen LogP contribution in [0.1, 0.15) is 31.2 Å². The first kappa shape index (κ1) is 25.2. The minimum absolute atomic E-state index is 0.0187. The molecule has 4 atom stereocenters. The number of carbonyl (C=O) groups is 1. The second-order valence-corrected chi connectivity index (χ2v) is 11.9. The number of nitrogens with two attached hydrogens (primary N) is 1. The molecule has 3 fully saturated rings. The van der Waals surface area contributed by atoms with Crippen LogP contribution in [0.25, 0.3) is 11.1 Å². The first-order chi connectivity index (χ1) is 16.9. The van der Waals surface area contributed by atoms with E-state index in [1.807, 2.05) is 0 Å². The third-order valence-electron chi connectivity index (χ3n) is 7.78. The van der Waals surface area contributed by atoms with Crippen LogP contribution < -0.4 is 5.14 Å². The molecular weight excluding hydrogens is 500 g/mol. The van der Waals surface area contributed by atoms with E-state index in [0.29, 0.717) is 31.7 Å². The zero-order valence-electron chi connectivity index (χ0n) is 19.2. The molecule has 2 aromatic carbocycles. The predicted molar refractivity (Wildman–Crippen MR) is 123 cm³/mol. The Bertz CT molecular complexity index is 1290. The molecule has 0 bridgehead atoms. The highest BCUT2D eigenvalue weighted by molar-refractivity contribution is 7.89. The van der Waals surface area contributed by atoms with E-state index in [4.69, 9.17) is 5.14 Å². The number of rotatable bonds is 7. The average molecular weight is 527 g/mol. The Hall–Kier alpha value is -2.50. The second kappa shape index (κ2) is 8.81. The first-order valence-electron chi connectivity index (χ1n) is 11.8. The summed E-state index contributed by atoms with van der Waals surface area (Å²) in [5.41, 5.74) is -3.43. The van der Waals surface area contributed by atoms with Gasteiger partial charge in [0.05, 0.1) is 0 Å². The van der Waals surface area contributed by atoms with Crippen LogP contribution in [0.15, 0.2) is 36.4 Å². The second-order valence-electron chi connectivity index (χ2n) is 10.3. The van der Waals surface area contributed by atoms with Gasteiger partial charge in [-0.2, -0.15) is 0 Å². The molecule has 2 aromatic rings. The maximum Gasteiger partial charge on any atom is 0.251 e. The molecule has 1 saturated heterocycles. The van der Waals surface area contributed by atoms with Crippen LogP contribution in [0.3, 0.4) is 0 Å². The molecular formula is C25H26F4N2O4S. The number of carbonyl (C=O) groups excluding carboxylic acids is 1. The van der Waals surface area contributed by atoms with Crippen molar-refractivity contribution in [3.8, 4) is 11.1 Å². The van der Waals surface area contributed by atoms with Crippen LogP contribution >= 0.6 is 0 Å². The molecule has 1 unspecified atom stereocenters. The Morgan fingerprint density at radius 3 is 2.33 bits per heavy atom. The number of hydrogen-bond donors (Lipinski definition) is 2. The molecule has 2 aliphatic carbocycles. The number of aliphatic hydroxyl groups excluding tert-OH is 1. The van der Waals surface area contributed by atoms with Crippen molar-refractivity contribution in [3.05, 3.63) is 59.4 Å². The molecule has 1 heterocycles. The van der Waals surface area contributed by atoms with Gasteiger partial charge in [-0.15, -0.1) is 0 Å². The van der Waals surface area contributed by atoms with Crippen LogP contribution in [-0.4, -0.2) is 48.5 Å². The Labute approximate surface area is 206 Å². The van der Waals surface area contributed by atoms with Crippen LogP contribution in [0.2, 0.25) is 0 Å². The van der Waals surface area contributed by atoms with Gasteiger partial charge >= 0.3 is 0 Å². The van der Waals surface area contributed by atoms with Gasteiger partial charge in [0, 0.05) is 30.1 Å². The molecule has 2 saturated carbocycles. The number of amides is 1. The average Bonchev–Trinajstić information content (AvgIpc) is 3.71. The van der Waals surface area contributed by atoms with Gasteiger partial charge in [-0.1, -0.05) is 18.2 Å². The van der Waals surface area contributed by atoms with Crippen LogP contribution in [-0.2, 0) is 21.2 Å². The van der Waals surface area contributed by atoms with E-state index in [0.717, 1.165) is 12.1 Å². The molecule has 0 aromatic heterocycles. The summed E-state index contributed by atoms with van der Waals surface area (Å²) < 4.78 is 82.6. The number of sulfonamides is 1. The summed E-state index contributed by atoms with van der Waals surface area (Å²) >= 11 is 0. The molecule has 1 aliphatic heterocycles. The van der Waals surface area contributed by atoms with Gasteiger partial charge in [0.15, 0.2) is 0 Å². The molecule has 11 heteroatoms. The van der Waals surface area contributed by atoms with Crippen molar-refractivity contribution < 1.29 is 35.9 Å². The van der Waals surface area contributed by atoms with Crippen molar-refractivity contribution in [3.63, 3.8) is 0 Å². The summed E-state index contributed by atoms with van der Waals surface area (Å²) in [6, 6.07) is 5.72. The highest BCUT2D eigenvalue weighted by Crippen LogP contribution is 2.61. The van der Waals surface area contributed by atoms with Crippen molar-refractivity contribution in [1.29, 1.82) is 0 Å². The number of halogens is 4. The van der Waals surface area contributed by atoms with Gasteiger partial charge in [-0.05, 0) is 66.7 Å². The summed E-state index contributed by atoms with van der Waals surface area (Å²) in [5, 5.41) is 15.7. The molecule has 3 aliphatic rings. The van der Waals surface area contributed by atoms with Crippen molar-refractivity contribution in [2.45, 2.75) is 49.8 Å². The van der Waals surface area contributed by atoms with Crippen LogP contribution in [0.5, 0.6) is 0 Å². The molecule has 5 rings (SSSR count). The fourth-order valence-corrected chi connectivity index (χ4v) is 6.51. The Balaban J connectivity index is 1.54. The largest absolute Gasteiger partial charge is 0.383 e. The Morgan fingerprint density at radius 2 is 1.78 bits per heavy atom. The molecule has 36 heavy (non-hydrogen) atoms. The lowest BCUT2D eigenvalue weighted by atomic mass is 9.85. The predicted octanol–water partition coefficient (Wildman–Crippen LogP) is 3.28. The number of aliphatic hydroxyl groups is 1. The summed E-state index contributed by atoms with van der Waals surface area (Å²) in [4.78, 5) is 14.5. The number of benzene rings is 2. The molecule has 3 N–H and O–H groups in total. The van der Waals surface area contributed by atoms with Crippen LogP contribution in [0, 0.1) is 34.7 Å². The molecule has 1 spiro atoms. The number of primary sulfonamides is 1. The lowest BCUT2D eigenvalue weighted by Crippen LogP contribution is -2.48. The van der Waals surface area contributed by atoms with Gasteiger partial charge in [0.1, 0.15) is 23.6 Å². The fourth-order valence-electron chi connectivity index (χ4n) is 5.63.